The SMILES string of the molecule is N#Cc1c(N)[nH]c(=O)c(C#N)c1-c1ccc(-c2ccc([N+](=O)[O-])cn2)cc1. The number of nitrogens with two attached hydrogens (primary N) is 1. The molecular formula is C18H10N6O3. The molecule has 0 aliphatic rings. The van der Waals surface area contributed by atoms with Crippen molar-refractivity contribution < 1.29 is 4.92 Å². The van der Waals surface area contributed by atoms with E-state index in [1.165, 1.54) is 12.1 Å². The van der Waals surface area contributed by atoms with Crippen LogP contribution in [0, 0.1) is 32.8 Å². The van der Waals surface area contributed by atoms with Crippen molar-refractivity contribution in [1.29, 1.82) is 10.5 Å². The molecule has 0 amide bonds. The van der Waals surface area contributed by atoms with Gasteiger partial charge in [-0.1, -0.05) is 24.3 Å². The van der Waals surface area contributed by atoms with Gasteiger partial charge in [-0.05, 0) is 11.6 Å². The van der Waals surface area contributed by atoms with Gasteiger partial charge in [0.25, 0.3) is 11.2 Å². The van der Waals surface area contributed by atoms with Gasteiger partial charge in [-0.3, -0.25) is 14.9 Å². The first kappa shape index (κ1) is 17.3. The van der Waals surface area contributed by atoms with Gasteiger partial charge in [-0.15, -0.1) is 0 Å². The number of anilines is 1. The Balaban J connectivity index is 2.09. The van der Waals surface area contributed by atoms with Crippen molar-refractivity contribution in [3.63, 3.8) is 0 Å². The molecule has 3 rings (SSSR count). The molecule has 0 aliphatic heterocycles. The van der Waals surface area contributed by atoms with E-state index in [1.54, 1.807) is 30.3 Å². The number of H-pyrrole nitrogens is 1. The molecule has 2 aromatic heterocycles. The van der Waals surface area contributed by atoms with Gasteiger partial charge in [0.05, 0.1) is 10.6 Å². The Hall–Kier alpha value is -4.50. The minimum Gasteiger partial charge on any atom is -0.384 e. The number of aromatic amines is 1. The summed E-state index contributed by atoms with van der Waals surface area (Å²) in [5, 5.41) is 29.3. The molecule has 3 aromatic rings. The lowest BCUT2D eigenvalue weighted by Gasteiger charge is -2.09. The lowest BCUT2D eigenvalue weighted by Crippen LogP contribution is -2.16. The number of pyridine rings is 2. The minimum atomic E-state index is -0.676. The molecule has 0 saturated heterocycles. The molecule has 1 aromatic carbocycles. The predicted molar refractivity (Wildman–Crippen MR) is 96.2 cm³/mol. The number of nitrogen functional groups attached to an aromatic ring is 1. The highest BCUT2D eigenvalue weighted by molar-refractivity contribution is 5.81. The molecule has 0 fully saturated rings. The van der Waals surface area contributed by atoms with Gasteiger partial charge in [0.15, 0.2) is 0 Å². The molecule has 0 bridgehead atoms. The average molecular weight is 358 g/mol. The minimum absolute atomic E-state index is 0.00682. The second-order valence-corrected chi connectivity index (χ2v) is 5.45. The normalized spacial score (nSPS) is 10.0. The largest absolute Gasteiger partial charge is 0.384 e. The molecule has 130 valence electrons. The zero-order valence-corrected chi connectivity index (χ0v) is 13.6. The molecule has 2 heterocycles. The van der Waals surface area contributed by atoms with Crippen LogP contribution in [0.25, 0.3) is 22.4 Å². The van der Waals surface area contributed by atoms with Crippen molar-refractivity contribution in [3.05, 3.63) is 74.2 Å². The molecule has 9 heteroatoms. The number of aromatic nitrogens is 2. The summed E-state index contributed by atoms with van der Waals surface area (Å²) >= 11 is 0. The molecule has 0 aliphatic carbocycles. The molecule has 0 radical (unpaired) electrons. The summed E-state index contributed by atoms with van der Waals surface area (Å²) in [5.41, 5.74) is 6.51. The summed E-state index contributed by atoms with van der Waals surface area (Å²) in [6.45, 7) is 0. The van der Waals surface area contributed by atoms with Crippen LogP contribution in [0.5, 0.6) is 0 Å². The highest BCUT2D eigenvalue weighted by atomic mass is 16.6. The van der Waals surface area contributed by atoms with Crippen molar-refractivity contribution in [2.45, 2.75) is 0 Å². The first-order valence-corrected chi connectivity index (χ1v) is 7.53. The summed E-state index contributed by atoms with van der Waals surface area (Å²) in [5.74, 6) is -0.113. The second kappa shape index (κ2) is 6.78. The van der Waals surface area contributed by atoms with Crippen LogP contribution in [0.2, 0.25) is 0 Å². The highest BCUT2D eigenvalue weighted by Crippen LogP contribution is 2.30. The summed E-state index contributed by atoms with van der Waals surface area (Å²) in [4.78, 5) is 28.5. The van der Waals surface area contributed by atoms with Gasteiger partial charge >= 0.3 is 0 Å². The van der Waals surface area contributed by atoms with Gasteiger partial charge in [-0.25, -0.2) is 4.98 Å². The molecule has 9 nitrogen and oxygen atoms in total. The van der Waals surface area contributed by atoms with E-state index >= 15 is 0 Å². The lowest BCUT2D eigenvalue weighted by molar-refractivity contribution is -0.385. The van der Waals surface area contributed by atoms with Gasteiger partial charge in [0, 0.05) is 17.2 Å². The van der Waals surface area contributed by atoms with Crippen LogP contribution in [-0.2, 0) is 0 Å². The van der Waals surface area contributed by atoms with Crippen molar-refractivity contribution in [3.8, 4) is 34.5 Å². The van der Waals surface area contributed by atoms with Crippen LogP contribution >= 0.6 is 0 Å². The van der Waals surface area contributed by atoms with Gasteiger partial charge in [0.2, 0.25) is 0 Å². The van der Waals surface area contributed by atoms with Crippen molar-refractivity contribution in [2.24, 2.45) is 0 Å². The van der Waals surface area contributed by atoms with Crippen LogP contribution in [0.15, 0.2) is 47.4 Å². The molecule has 0 unspecified atom stereocenters. The molecule has 0 spiro atoms. The van der Waals surface area contributed by atoms with Crippen LogP contribution in [-0.4, -0.2) is 14.9 Å². The maximum absolute atomic E-state index is 12.0. The highest BCUT2D eigenvalue weighted by Gasteiger charge is 2.18. The predicted octanol–water partition coefficient (Wildman–Crippen LogP) is 2.34. The van der Waals surface area contributed by atoms with E-state index in [0.717, 1.165) is 6.20 Å². The van der Waals surface area contributed by atoms with Crippen molar-refractivity contribution >= 4 is 11.5 Å². The van der Waals surface area contributed by atoms with E-state index < -0.39 is 10.5 Å². The van der Waals surface area contributed by atoms with Crippen LogP contribution < -0.4 is 11.3 Å². The van der Waals surface area contributed by atoms with E-state index in [1.807, 2.05) is 6.07 Å². The zero-order chi connectivity index (χ0) is 19.6. The topological polar surface area (TPSA) is 162 Å². The van der Waals surface area contributed by atoms with Crippen LogP contribution in [0.1, 0.15) is 11.1 Å². The van der Waals surface area contributed by atoms with E-state index in [4.69, 9.17) is 5.73 Å². The first-order valence-electron chi connectivity index (χ1n) is 7.53. The third kappa shape index (κ3) is 3.08. The Morgan fingerprint density at radius 2 is 1.67 bits per heavy atom. The monoisotopic (exact) mass is 358 g/mol. The second-order valence-electron chi connectivity index (χ2n) is 5.45. The number of hydrogen-bond donors (Lipinski definition) is 2. The molecular weight excluding hydrogens is 348 g/mol. The fourth-order valence-electron chi connectivity index (χ4n) is 2.60. The first-order chi connectivity index (χ1) is 13.0. The number of nitriles is 2. The number of nitrogens with zero attached hydrogens (tertiary/aromatic N) is 4. The van der Waals surface area contributed by atoms with Gasteiger partial charge in [-0.2, -0.15) is 10.5 Å². The summed E-state index contributed by atoms with van der Waals surface area (Å²) in [7, 11) is 0. The van der Waals surface area contributed by atoms with E-state index in [0.29, 0.717) is 16.8 Å². The van der Waals surface area contributed by atoms with E-state index in [-0.39, 0.29) is 28.2 Å². The van der Waals surface area contributed by atoms with Gasteiger partial charge in [0.1, 0.15) is 35.3 Å². The number of nitro groups is 1. The average Bonchev–Trinajstić information content (AvgIpc) is 2.67. The number of rotatable bonds is 3. The van der Waals surface area contributed by atoms with E-state index in [2.05, 4.69) is 9.97 Å². The molecule has 3 N–H and O–H groups in total. The summed E-state index contributed by atoms with van der Waals surface area (Å²) in [6, 6.07) is 13.1. The van der Waals surface area contributed by atoms with E-state index in [9.17, 15) is 25.4 Å². The molecule has 0 atom stereocenters. The Labute approximate surface area is 152 Å². The quantitative estimate of drug-likeness (QED) is 0.536. The number of nitrogens with one attached hydrogen (secondary N) is 1. The Kier molecular flexibility index (Phi) is 4.35. The Bertz CT molecular complexity index is 1180. The number of benzene rings is 1. The molecule has 0 saturated carbocycles. The maximum Gasteiger partial charge on any atom is 0.287 e. The third-order valence-corrected chi connectivity index (χ3v) is 3.90. The zero-order valence-electron chi connectivity index (χ0n) is 13.6. The molecule has 27 heavy (non-hydrogen) atoms. The maximum atomic E-state index is 12.0. The fourth-order valence-corrected chi connectivity index (χ4v) is 2.60. The number of hydrogen-bond acceptors (Lipinski definition) is 7. The smallest absolute Gasteiger partial charge is 0.287 e. The summed E-state index contributed by atoms with van der Waals surface area (Å²) < 4.78 is 0. The standard InChI is InChI=1S/C18H10N6O3/c19-7-13-16(14(8-20)18(25)23-17(13)21)11-3-1-10(2-4-11)15-6-5-12(9-22-15)24(26)27/h1-6,9H,(H3,21,23,25). The Morgan fingerprint density at radius 1 is 1.04 bits per heavy atom. The van der Waals surface area contributed by atoms with Crippen molar-refractivity contribution in [1.82, 2.24) is 9.97 Å². The lowest BCUT2D eigenvalue weighted by atomic mass is 9.95. The Morgan fingerprint density at radius 3 is 2.19 bits per heavy atom. The van der Waals surface area contributed by atoms with Crippen LogP contribution in [0.3, 0.4) is 0 Å². The fraction of sp³-hybridized carbons (Fsp3) is 0. The van der Waals surface area contributed by atoms with Crippen LogP contribution in [0.4, 0.5) is 11.5 Å². The summed E-state index contributed by atoms with van der Waals surface area (Å²) in [6.07, 6.45) is 1.16. The third-order valence-electron chi connectivity index (χ3n) is 3.90. The van der Waals surface area contributed by atoms with Gasteiger partial charge < -0.3 is 10.7 Å². The van der Waals surface area contributed by atoms with Crippen molar-refractivity contribution in [2.75, 3.05) is 5.73 Å².